The summed E-state index contributed by atoms with van der Waals surface area (Å²) in [6.45, 7) is 2.76. The van der Waals surface area contributed by atoms with Crippen molar-refractivity contribution in [3.63, 3.8) is 0 Å². The summed E-state index contributed by atoms with van der Waals surface area (Å²) in [5, 5.41) is 8.96. The van der Waals surface area contributed by atoms with Gasteiger partial charge in [-0.3, -0.25) is 4.79 Å². The Labute approximate surface area is 114 Å². The molecular formula is C14H24N2O3. The van der Waals surface area contributed by atoms with Gasteiger partial charge in [-0.05, 0) is 38.5 Å². The number of hydrogen-bond acceptors (Lipinski definition) is 2. The largest absolute Gasteiger partial charge is 0.480 e. The number of likely N-dealkylation sites (tertiary alicyclic amines) is 1. The molecule has 0 aromatic rings. The number of carboxylic acids is 1. The average molecular weight is 268 g/mol. The summed E-state index contributed by atoms with van der Waals surface area (Å²) in [7, 11) is 0. The second kappa shape index (κ2) is 6.26. The average Bonchev–Trinajstić information content (AvgIpc) is 3.20. The molecule has 5 nitrogen and oxygen atoms in total. The second-order valence-electron chi connectivity index (χ2n) is 5.67. The van der Waals surface area contributed by atoms with Crippen LogP contribution in [0.3, 0.4) is 0 Å². The minimum Gasteiger partial charge on any atom is -0.480 e. The van der Waals surface area contributed by atoms with Gasteiger partial charge in [-0.2, -0.15) is 0 Å². The van der Waals surface area contributed by atoms with Crippen LogP contribution < -0.4 is 0 Å². The number of rotatable bonds is 5. The van der Waals surface area contributed by atoms with E-state index in [1.54, 1.807) is 4.90 Å². The molecule has 2 aliphatic rings. The lowest BCUT2D eigenvalue weighted by Crippen LogP contribution is -2.52. The van der Waals surface area contributed by atoms with Crippen LogP contribution in [-0.4, -0.2) is 52.1 Å². The van der Waals surface area contributed by atoms with Gasteiger partial charge in [-0.15, -0.1) is 0 Å². The molecule has 1 unspecified atom stereocenters. The standard InChI is InChI=1S/C14H24N2O3/c1-2-5-11-6-3-4-9-15(11)14(19)16(10-13(17)18)12-7-8-12/h11-12H,2-10H2,1H3,(H,17,18). The van der Waals surface area contributed by atoms with E-state index in [0.717, 1.165) is 45.1 Å². The summed E-state index contributed by atoms with van der Waals surface area (Å²) in [4.78, 5) is 27.0. The highest BCUT2D eigenvalue weighted by atomic mass is 16.4. The zero-order valence-electron chi connectivity index (χ0n) is 11.7. The van der Waals surface area contributed by atoms with Gasteiger partial charge in [0.05, 0.1) is 0 Å². The number of nitrogens with zero attached hydrogens (tertiary/aromatic N) is 2. The molecule has 2 amide bonds. The Morgan fingerprint density at radius 2 is 2.00 bits per heavy atom. The molecule has 0 aromatic heterocycles. The van der Waals surface area contributed by atoms with Crippen LogP contribution >= 0.6 is 0 Å². The summed E-state index contributed by atoms with van der Waals surface area (Å²) in [5.41, 5.74) is 0. The smallest absolute Gasteiger partial charge is 0.323 e. The molecule has 108 valence electrons. The van der Waals surface area contributed by atoms with E-state index < -0.39 is 5.97 Å². The first-order valence-electron chi connectivity index (χ1n) is 7.42. The third-order valence-corrected chi connectivity index (χ3v) is 4.03. The van der Waals surface area contributed by atoms with Crippen molar-refractivity contribution in [1.82, 2.24) is 9.80 Å². The monoisotopic (exact) mass is 268 g/mol. The number of aliphatic carboxylic acids is 1. The van der Waals surface area contributed by atoms with Crippen molar-refractivity contribution < 1.29 is 14.7 Å². The highest BCUT2D eigenvalue weighted by Crippen LogP contribution is 2.30. The number of carbonyl (C=O) groups is 2. The van der Waals surface area contributed by atoms with Crippen LogP contribution in [0.2, 0.25) is 0 Å². The van der Waals surface area contributed by atoms with Crippen LogP contribution in [0.1, 0.15) is 51.9 Å². The zero-order chi connectivity index (χ0) is 13.8. The van der Waals surface area contributed by atoms with Gasteiger partial charge in [0.1, 0.15) is 6.54 Å². The van der Waals surface area contributed by atoms with Gasteiger partial charge in [0, 0.05) is 18.6 Å². The van der Waals surface area contributed by atoms with E-state index in [9.17, 15) is 9.59 Å². The maximum absolute atomic E-state index is 12.6. The summed E-state index contributed by atoms with van der Waals surface area (Å²) in [6, 6.07) is 0.414. The van der Waals surface area contributed by atoms with Crippen LogP contribution in [0.15, 0.2) is 0 Å². The third-order valence-electron chi connectivity index (χ3n) is 4.03. The van der Waals surface area contributed by atoms with Crippen molar-refractivity contribution in [2.75, 3.05) is 13.1 Å². The van der Waals surface area contributed by atoms with E-state index in [2.05, 4.69) is 6.92 Å². The fraction of sp³-hybridized carbons (Fsp3) is 0.857. The first kappa shape index (κ1) is 14.2. The molecular weight excluding hydrogens is 244 g/mol. The zero-order valence-corrected chi connectivity index (χ0v) is 11.7. The Morgan fingerprint density at radius 3 is 2.58 bits per heavy atom. The molecule has 0 spiro atoms. The van der Waals surface area contributed by atoms with Crippen LogP contribution in [0, 0.1) is 0 Å². The maximum atomic E-state index is 12.6. The molecule has 1 saturated carbocycles. The van der Waals surface area contributed by atoms with Gasteiger partial charge in [0.15, 0.2) is 0 Å². The molecule has 1 atom stereocenters. The normalized spacial score (nSPS) is 23.2. The van der Waals surface area contributed by atoms with Crippen LogP contribution in [0.25, 0.3) is 0 Å². The molecule has 5 heteroatoms. The molecule has 2 rings (SSSR count). The number of urea groups is 1. The van der Waals surface area contributed by atoms with E-state index in [4.69, 9.17) is 5.11 Å². The summed E-state index contributed by atoms with van der Waals surface area (Å²) < 4.78 is 0. The van der Waals surface area contributed by atoms with Gasteiger partial charge in [0.25, 0.3) is 0 Å². The summed E-state index contributed by atoms with van der Waals surface area (Å²) in [6.07, 6.45) is 7.27. The summed E-state index contributed by atoms with van der Waals surface area (Å²) in [5.74, 6) is -0.913. The predicted molar refractivity (Wildman–Crippen MR) is 72.0 cm³/mol. The fourth-order valence-electron chi connectivity index (χ4n) is 2.94. The lowest BCUT2D eigenvalue weighted by molar-refractivity contribution is -0.138. The Hall–Kier alpha value is -1.26. The maximum Gasteiger partial charge on any atom is 0.323 e. The molecule has 0 radical (unpaired) electrons. The van der Waals surface area contributed by atoms with Crippen LogP contribution in [0.4, 0.5) is 4.79 Å². The first-order valence-corrected chi connectivity index (χ1v) is 7.42. The van der Waals surface area contributed by atoms with Gasteiger partial charge in [-0.1, -0.05) is 13.3 Å². The van der Waals surface area contributed by atoms with E-state index in [1.165, 1.54) is 6.42 Å². The highest BCUT2D eigenvalue weighted by Gasteiger charge is 2.38. The molecule has 1 heterocycles. The molecule has 0 bridgehead atoms. The van der Waals surface area contributed by atoms with E-state index in [0.29, 0.717) is 6.04 Å². The van der Waals surface area contributed by atoms with Gasteiger partial charge in [-0.25, -0.2) is 4.79 Å². The Balaban J connectivity index is 2.03. The molecule has 1 saturated heterocycles. The Morgan fingerprint density at radius 1 is 1.26 bits per heavy atom. The lowest BCUT2D eigenvalue weighted by Gasteiger charge is -2.39. The number of carboxylic acid groups (broad SMARTS) is 1. The molecule has 2 fully saturated rings. The molecule has 1 aliphatic carbocycles. The van der Waals surface area contributed by atoms with Crippen molar-refractivity contribution in [1.29, 1.82) is 0 Å². The Bertz CT molecular complexity index is 340. The van der Waals surface area contributed by atoms with E-state index in [1.807, 2.05) is 4.90 Å². The quantitative estimate of drug-likeness (QED) is 0.832. The Kier molecular flexibility index (Phi) is 4.66. The van der Waals surface area contributed by atoms with Crippen molar-refractivity contribution in [3.05, 3.63) is 0 Å². The van der Waals surface area contributed by atoms with E-state index in [-0.39, 0.29) is 18.6 Å². The van der Waals surface area contributed by atoms with Crippen molar-refractivity contribution >= 4 is 12.0 Å². The van der Waals surface area contributed by atoms with Crippen LogP contribution in [0.5, 0.6) is 0 Å². The molecule has 1 aliphatic heterocycles. The third kappa shape index (κ3) is 3.61. The first-order chi connectivity index (χ1) is 9.13. The van der Waals surface area contributed by atoms with Crippen LogP contribution in [-0.2, 0) is 4.79 Å². The number of carbonyl (C=O) groups excluding carboxylic acids is 1. The highest BCUT2D eigenvalue weighted by molar-refractivity contribution is 5.81. The number of amides is 2. The minimum absolute atomic E-state index is 0.0527. The predicted octanol–water partition coefficient (Wildman–Crippen LogP) is 2.31. The van der Waals surface area contributed by atoms with Gasteiger partial charge in [0.2, 0.25) is 0 Å². The molecule has 19 heavy (non-hydrogen) atoms. The van der Waals surface area contributed by atoms with Gasteiger partial charge < -0.3 is 14.9 Å². The van der Waals surface area contributed by atoms with Crippen molar-refractivity contribution in [3.8, 4) is 0 Å². The minimum atomic E-state index is -0.913. The number of hydrogen-bond donors (Lipinski definition) is 1. The lowest BCUT2D eigenvalue weighted by atomic mass is 9.98. The molecule has 0 aromatic carbocycles. The molecule has 1 N–H and O–H groups in total. The fourth-order valence-corrected chi connectivity index (χ4v) is 2.94. The topological polar surface area (TPSA) is 60.9 Å². The van der Waals surface area contributed by atoms with Crippen molar-refractivity contribution in [2.45, 2.75) is 64.0 Å². The second-order valence-corrected chi connectivity index (χ2v) is 5.67. The van der Waals surface area contributed by atoms with Crippen molar-refractivity contribution in [2.24, 2.45) is 0 Å². The van der Waals surface area contributed by atoms with E-state index >= 15 is 0 Å². The van der Waals surface area contributed by atoms with Gasteiger partial charge >= 0.3 is 12.0 Å². The number of piperidine rings is 1. The summed E-state index contributed by atoms with van der Waals surface area (Å²) >= 11 is 0. The SMILES string of the molecule is CCCC1CCCCN1C(=O)N(CC(=O)O)C1CC1.